The zero-order valence-electron chi connectivity index (χ0n) is 14.3. The molecule has 1 amide bonds. The van der Waals surface area contributed by atoms with Gasteiger partial charge in [0.1, 0.15) is 5.75 Å². The third-order valence-corrected chi connectivity index (χ3v) is 4.07. The van der Waals surface area contributed by atoms with E-state index >= 15 is 0 Å². The monoisotopic (exact) mass is 363 g/mol. The van der Waals surface area contributed by atoms with E-state index in [2.05, 4.69) is 5.32 Å². The van der Waals surface area contributed by atoms with Gasteiger partial charge >= 0.3 is 0 Å². The number of carbonyl (C=O) groups is 1. The Morgan fingerprint density at radius 2 is 1.69 bits per heavy atom. The van der Waals surface area contributed by atoms with Gasteiger partial charge in [-0.05, 0) is 47.5 Å². The third-order valence-electron chi connectivity index (χ3n) is 3.84. The number of nitrogens with one attached hydrogen (secondary N) is 1. The molecule has 3 nitrogen and oxygen atoms in total. The van der Waals surface area contributed by atoms with Gasteiger partial charge in [-0.3, -0.25) is 4.79 Å². The van der Waals surface area contributed by atoms with Crippen LogP contribution in [0.1, 0.15) is 11.1 Å². The Hall–Kier alpha value is -3.04. The summed E-state index contributed by atoms with van der Waals surface area (Å²) in [6.07, 6.45) is 1.86. The summed E-state index contributed by atoms with van der Waals surface area (Å²) < 4.78 is 5.18. The zero-order valence-corrected chi connectivity index (χ0v) is 15.0. The van der Waals surface area contributed by atoms with Gasteiger partial charge in [-0.15, -0.1) is 0 Å². The minimum Gasteiger partial charge on any atom is -0.497 e. The van der Waals surface area contributed by atoms with Crippen molar-refractivity contribution in [3.8, 4) is 5.75 Å². The highest BCUT2D eigenvalue weighted by atomic mass is 35.5. The van der Waals surface area contributed by atoms with Crippen LogP contribution in [0, 0.1) is 0 Å². The van der Waals surface area contributed by atoms with Crippen LogP contribution in [0.3, 0.4) is 0 Å². The highest BCUT2D eigenvalue weighted by molar-refractivity contribution is 6.31. The molecule has 0 aliphatic rings. The maximum atomic E-state index is 12.9. The predicted molar refractivity (Wildman–Crippen MR) is 107 cm³/mol. The number of anilines is 1. The quantitative estimate of drug-likeness (QED) is 0.478. The topological polar surface area (TPSA) is 38.3 Å². The normalized spacial score (nSPS) is 11.1. The molecule has 0 aliphatic carbocycles. The second kappa shape index (κ2) is 8.37. The van der Waals surface area contributed by atoms with Crippen molar-refractivity contribution < 1.29 is 9.53 Å². The number of ether oxygens (including phenoxy) is 1. The first-order chi connectivity index (χ1) is 12.7. The van der Waals surface area contributed by atoms with E-state index in [-0.39, 0.29) is 5.91 Å². The molecule has 0 atom stereocenters. The maximum Gasteiger partial charge on any atom is 0.256 e. The first kappa shape index (κ1) is 17.8. The molecule has 0 saturated heterocycles. The minimum atomic E-state index is -0.200. The SMILES string of the molecule is COc1ccc(/C=C(/C(=O)Nc2cccc(Cl)c2)c2ccccc2)cc1. The molecule has 0 aromatic heterocycles. The van der Waals surface area contributed by atoms with E-state index in [1.807, 2.05) is 60.7 Å². The highest BCUT2D eigenvalue weighted by Crippen LogP contribution is 2.23. The van der Waals surface area contributed by atoms with E-state index in [0.717, 1.165) is 16.9 Å². The Balaban J connectivity index is 1.95. The lowest BCUT2D eigenvalue weighted by Crippen LogP contribution is -2.13. The number of halogens is 1. The van der Waals surface area contributed by atoms with Gasteiger partial charge in [-0.25, -0.2) is 0 Å². The van der Waals surface area contributed by atoms with Crippen molar-refractivity contribution >= 4 is 34.8 Å². The van der Waals surface area contributed by atoms with Crippen LogP contribution in [-0.2, 0) is 4.79 Å². The summed E-state index contributed by atoms with van der Waals surface area (Å²) in [5.74, 6) is 0.570. The minimum absolute atomic E-state index is 0.200. The van der Waals surface area contributed by atoms with Gasteiger partial charge in [-0.2, -0.15) is 0 Å². The van der Waals surface area contributed by atoms with Gasteiger partial charge in [0.15, 0.2) is 0 Å². The molecule has 0 saturated carbocycles. The van der Waals surface area contributed by atoms with Crippen molar-refractivity contribution in [2.75, 3.05) is 12.4 Å². The number of methoxy groups -OCH3 is 1. The lowest BCUT2D eigenvalue weighted by Gasteiger charge is -2.10. The van der Waals surface area contributed by atoms with Gasteiger partial charge in [-0.1, -0.05) is 60.1 Å². The average molecular weight is 364 g/mol. The fourth-order valence-electron chi connectivity index (χ4n) is 2.53. The van der Waals surface area contributed by atoms with Crippen LogP contribution in [0.2, 0.25) is 5.02 Å². The summed E-state index contributed by atoms with van der Waals surface area (Å²) in [5.41, 5.74) is 2.96. The molecule has 0 bridgehead atoms. The summed E-state index contributed by atoms with van der Waals surface area (Å²) in [7, 11) is 1.62. The summed E-state index contributed by atoms with van der Waals surface area (Å²) in [6, 6.07) is 24.2. The van der Waals surface area contributed by atoms with Crippen molar-refractivity contribution in [1.29, 1.82) is 0 Å². The Bertz CT molecular complexity index is 918. The second-order valence-electron chi connectivity index (χ2n) is 5.66. The van der Waals surface area contributed by atoms with Crippen LogP contribution in [0.4, 0.5) is 5.69 Å². The standard InChI is InChI=1S/C22H18ClNO2/c1-26-20-12-10-16(11-13-20)14-21(17-6-3-2-4-7-17)22(25)24-19-9-5-8-18(23)15-19/h2-15H,1H3,(H,24,25)/b21-14+. The Kier molecular flexibility index (Phi) is 5.72. The van der Waals surface area contributed by atoms with Crippen molar-refractivity contribution in [2.45, 2.75) is 0 Å². The van der Waals surface area contributed by atoms with Crippen molar-refractivity contribution in [3.63, 3.8) is 0 Å². The molecule has 130 valence electrons. The summed E-state index contributed by atoms with van der Waals surface area (Å²) >= 11 is 6.01. The summed E-state index contributed by atoms with van der Waals surface area (Å²) in [4.78, 5) is 12.9. The van der Waals surface area contributed by atoms with E-state index in [4.69, 9.17) is 16.3 Å². The lowest BCUT2D eigenvalue weighted by molar-refractivity contribution is -0.111. The van der Waals surface area contributed by atoms with Gasteiger partial charge in [0, 0.05) is 16.3 Å². The Labute approximate surface area is 157 Å². The van der Waals surface area contributed by atoms with Crippen LogP contribution in [-0.4, -0.2) is 13.0 Å². The third kappa shape index (κ3) is 4.52. The fraction of sp³-hybridized carbons (Fsp3) is 0.0455. The Morgan fingerprint density at radius 3 is 2.35 bits per heavy atom. The molecule has 0 radical (unpaired) electrons. The highest BCUT2D eigenvalue weighted by Gasteiger charge is 2.12. The molecule has 0 spiro atoms. The molecule has 0 heterocycles. The van der Waals surface area contributed by atoms with Gasteiger partial charge in [0.05, 0.1) is 7.11 Å². The lowest BCUT2D eigenvalue weighted by atomic mass is 10.0. The van der Waals surface area contributed by atoms with Crippen molar-refractivity contribution in [2.24, 2.45) is 0 Å². The number of hydrogen-bond donors (Lipinski definition) is 1. The smallest absolute Gasteiger partial charge is 0.256 e. The molecule has 0 aliphatic heterocycles. The van der Waals surface area contributed by atoms with Crippen molar-refractivity contribution in [1.82, 2.24) is 0 Å². The van der Waals surface area contributed by atoms with Gasteiger partial charge < -0.3 is 10.1 Å². The van der Waals surface area contributed by atoms with Crippen LogP contribution >= 0.6 is 11.6 Å². The van der Waals surface area contributed by atoms with Crippen molar-refractivity contribution in [3.05, 3.63) is 95.0 Å². The van der Waals surface area contributed by atoms with E-state index in [9.17, 15) is 4.79 Å². The first-order valence-corrected chi connectivity index (χ1v) is 8.51. The number of carbonyl (C=O) groups excluding carboxylic acids is 1. The summed E-state index contributed by atoms with van der Waals surface area (Å²) in [5, 5.41) is 3.48. The van der Waals surface area contributed by atoms with E-state index in [0.29, 0.717) is 16.3 Å². The predicted octanol–water partition coefficient (Wildman–Crippen LogP) is 5.53. The molecule has 0 fully saturated rings. The molecule has 3 rings (SSSR count). The van der Waals surface area contributed by atoms with Crippen LogP contribution < -0.4 is 10.1 Å². The molecular formula is C22H18ClNO2. The number of hydrogen-bond acceptors (Lipinski definition) is 2. The van der Waals surface area contributed by atoms with Gasteiger partial charge in [0.2, 0.25) is 0 Å². The van der Waals surface area contributed by atoms with E-state index < -0.39 is 0 Å². The van der Waals surface area contributed by atoms with Gasteiger partial charge in [0.25, 0.3) is 5.91 Å². The molecule has 0 unspecified atom stereocenters. The maximum absolute atomic E-state index is 12.9. The molecule has 4 heteroatoms. The van der Waals surface area contributed by atoms with E-state index in [1.54, 1.807) is 31.4 Å². The number of benzene rings is 3. The molecule has 3 aromatic carbocycles. The molecule has 3 aromatic rings. The number of amides is 1. The Morgan fingerprint density at radius 1 is 0.962 bits per heavy atom. The van der Waals surface area contributed by atoms with Crippen LogP contribution in [0.5, 0.6) is 5.75 Å². The van der Waals surface area contributed by atoms with E-state index in [1.165, 1.54) is 0 Å². The van der Waals surface area contributed by atoms with Crippen LogP contribution in [0.25, 0.3) is 11.6 Å². The molecular weight excluding hydrogens is 346 g/mol. The summed E-state index contributed by atoms with van der Waals surface area (Å²) in [6.45, 7) is 0. The average Bonchev–Trinajstić information content (AvgIpc) is 2.67. The largest absolute Gasteiger partial charge is 0.497 e. The second-order valence-corrected chi connectivity index (χ2v) is 6.10. The van der Waals surface area contributed by atoms with Crippen LogP contribution in [0.15, 0.2) is 78.9 Å². The first-order valence-electron chi connectivity index (χ1n) is 8.14. The molecule has 1 N–H and O–H groups in total. The molecule has 26 heavy (non-hydrogen) atoms. The fourth-order valence-corrected chi connectivity index (χ4v) is 2.72. The zero-order chi connectivity index (χ0) is 18.4. The number of rotatable bonds is 5.